The van der Waals surface area contributed by atoms with Crippen LogP contribution >= 0.6 is 11.6 Å². The predicted molar refractivity (Wildman–Crippen MR) is 72.7 cm³/mol. The van der Waals surface area contributed by atoms with Crippen LogP contribution in [0.4, 0.5) is 0 Å². The van der Waals surface area contributed by atoms with Gasteiger partial charge in [-0.2, -0.15) is 0 Å². The molecule has 2 fully saturated rings. The van der Waals surface area contributed by atoms with Gasteiger partial charge in [0, 0.05) is 17.5 Å². The van der Waals surface area contributed by atoms with Crippen LogP contribution in [0.5, 0.6) is 0 Å². The molecule has 0 bridgehead atoms. The molecular weight excluding hydrogens is 246 g/mol. The van der Waals surface area contributed by atoms with Gasteiger partial charge in [-0.15, -0.1) is 11.6 Å². The molecule has 3 rings (SSSR count). The fourth-order valence-electron chi connectivity index (χ4n) is 2.56. The van der Waals surface area contributed by atoms with E-state index in [4.69, 9.17) is 11.6 Å². The third-order valence-electron chi connectivity index (χ3n) is 3.90. The number of hydrogen-bond donors (Lipinski definition) is 1. The Kier molecular flexibility index (Phi) is 3.29. The van der Waals surface area contributed by atoms with Crippen molar-refractivity contribution in [2.45, 2.75) is 37.6 Å². The number of alkyl halides is 1. The Morgan fingerprint density at radius 1 is 1.28 bits per heavy atom. The number of benzene rings is 1. The van der Waals surface area contributed by atoms with E-state index in [9.17, 15) is 4.79 Å². The summed E-state index contributed by atoms with van der Waals surface area (Å²) in [4.78, 5) is 12.2. The average molecular weight is 264 g/mol. The molecule has 1 aromatic rings. The minimum absolute atomic E-state index is 0.0609. The van der Waals surface area contributed by atoms with Crippen LogP contribution in [0.2, 0.25) is 0 Å². The normalized spacial score (nSPS) is 19.0. The van der Waals surface area contributed by atoms with E-state index in [-0.39, 0.29) is 5.91 Å². The molecule has 0 unspecified atom stereocenters. The topological polar surface area (TPSA) is 29.1 Å². The lowest BCUT2D eigenvalue weighted by molar-refractivity contribution is 0.0926. The number of amides is 1. The summed E-state index contributed by atoms with van der Waals surface area (Å²) in [5.74, 6) is 1.98. The number of carbonyl (C=O) groups is 1. The minimum Gasteiger partial charge on any atom is -0.349 e. The molecule has 0 saturated heterocycles. The van der Waals surface area contributed by atoms with Gasteiger partial charge in [-0.05, 0) is 55.2 Å². The summed E-state index contributed by atoms with van der Waals surface area (Å²) in [7, 11) is 0. The zero-order valence-corrected chi connectivity index (χ0v) is 11.1. The molecule has 96 valence electrons. The first-order valence-corrected chi connectivity index (χ1v) is 7.27. The van der Waals surface area contributed by atoms with Crippen molar-refractivity contribution >= 4 is 17.5 Å². The Morgan fingerprint density at radius 2 is 1.94 bits per heavy atom. The second kappa shape index (κ2) is 4.93. The summed E-state index contributed by atoms with van der Waals surface area (Å²) in [6, 6.07) is 8.01. The van der Waals surface area contributed by atoms with E-state index in [1.807, 2.05) is 24.3 Å². The highest BCUT2D eigenvalue weighted by Crippen LogP contribution is 2.44. The van der Waals surface area contributed by atoms with Gasteiger partial charge in [0.25, 0.3) is 5.91 Å². The summed E-state index contributed by atoms with van der Waals surface area (Å²) >= 11 is 5.80. The summed E-state index contributed by atoms with van der Waals surface area (Å²) in [5, 5.41) is 3.23. The quantitative estimate of drug-likeness (QED) is 0.811. The zero-order chi connectivity index (χ0) is 12.5. The largest absolute Gasteiger partial charge is 0.349 e. The first-order valence-electron chi connectivity index (χ1n) is 6.73. The molecule has 1 aromatic carbocycles. The van der Waals surface area contributed by atoms with E-state index < -0.39 is 0 Å². The number of halogens is 1. The van der Waals surface area contributed by atoms with Gasteiger partial charge in [-0.25, -0.2) is 0 Å². The summed E-state index contributed by atoms with van der Waals surface area (Å²) in [6.07, 6.45) is 5.12. The van der Waals surface area contributed by atoms with Crippen molar-refractivity contribution in [3.63, 3.8) is 0 Å². The number of nitrogens with one attached hydrogen (secondary N) is 1. The molecule has 18 heavy (non-hydrogen) atoms. The maximum atomic E-state index is 12.2. The van der Waals surface area contributed by atoms with E-state index in [0.717, 1.165) is 23.0 Å². The van der Waals surface area contributed by atoms with Gasteiger partial charge in [0.1, 0.15) is 0 Å². The zero-order valence-electron chi connectivity index (χ0n) is 10.4. The Balaban J connectivity index is 1.69. The van der Waals surface area contributed by atoms with Crippen molar-refractivity contribution in [3.05, 3.63) is 35.4 Å². The van der Waals surface area contributed by atoms with Gasteiger partial charge in [-0.3, -0.25) is 4.79 Å². The molecule has 0 spiro atoms. The molecule has 0 atom stereocenters. The lowest BCUT2D eigenvalue weighted by atomic mass is 10.1. The Bertz CT molecular complexity index is 440. The first kappa shape index (κ1) is 12.0. The van der Waals surface area contributed by atoms with Crippen LogP contribution in [-0.4, -0.2) is 11.9 Å². The fourth-order valence-corrected chi connectivity index (χ4v) is 2.73. The molecule has 2 saturated carbocycles. The molecule has 1 amide bonds. The SMILES string of the molecule is O=C(NC(C1CC1)C1CC1)c1cccc(CCl)c1. The van der Waals surface area contributed by atoms with Crippen molar-refractivity contribution < 1.29 is 4.79 Å². The molecule has 0 aromatic heterocycles. The van der Waals surface area contributed by atoms with Gasteiger partial charge < -0.3 is 5.32 Å². The van der Waals surface area contributed by atoms with Crippen LogP contribution in [0, 0.1) is 11.8 Å². The van der Waals surface area contributed by atoms with Gasteiger partial charge in [0.05, 0.1) is 0 Å². The molecule has 0 heterocycles. The minimum atomic E-state index is 0.0609. The standard InChI is InChI=1S/C15H18ClNO/c16-9-10-2-1-3-13(8-10)15(18)17-14(11-4-5-11)12-6-7-12/h1-3,8,11-12,14H,4-7,9H2,(H,17,18). The third-order valence-corrected chi connectivity index (χ3v) is 4.21. The van der Waals surface area contributed by atoms with Crippen molar-refractivity contribution in [2.24, 2.45) is 11.8 Å². The van der Waals surface area contributed by atoms with E-state index in [0.29, 0.717) is 11.9 Å². The third kappa shape index (κ3) is 2.69. The maximum absolute atomic E-state index is 12.2. The molecule has 2 nitrogen and oxygen atoms in total. The molecule has 1 N–H and O–H groups in total. The van der Waals surface area contributed by atoms with Crippen LogP contribution in [0.3, 0.4) is 0 Å². The lowest BCUT2D eigenvalue weighted by Crippen LogP contribution is -2.38. The summed E-state index contributed by atoms with van der Waals surface area (Å²) < 4.78 is 0. The average Bonchev–Trinajstić information content (AvgIpc) is 3.29. The molecule has 0 radical (unpaired) electrons. The van der Waals surface area contributed by atoms with Crippen molar-refractivity contribution in [3.8, 4) is 0 Å². The Hall–Kier alpha value is -1.02. The van der Waals surface area contributed by atoms with Gasteiger partial charge in [0.2, 0.25) is 0 Å². The second-order valence-electron chi connectivity index (χ2n) is 5.51. The van der Waals surface area contributed by atoms with Gasteiger partial charge in [-0.1, -0.05) is 12.1 Å². The molecule has 0 aliphatic heterocycles. The van der Waals surface area contributed by atoms with Crippen LogP contribution in [0.15, 0.2) is 24.3 Å². The van der Waals surface area contributed by atoms with Crippen molar-refractivity contribution in [2.75, 3.05) is 0 Å². The molecule has 2 aliphatic rings. The van der Waals surface area contributed by atoms with Crippen LogP contribution in [0.1, 0.15) is 41.6 Å². The number of rotatable bonds is 5. The van der Waals surface area contributed by atoms with Gasteiger partial charge in [0.15, 0.2) is 0 Å². The maximum Gasteiger partial charge on any atom is 0.251 e. The van der Waals surface area contributed by atoms with Crippen LogP contribution in [-0.2, 0) is 5.88 Å². The van der Waals surface area contributed by atoms with Crippen LogP contribution < -0.4 is 5.32 Å². The number of hydrogen-bond acceptors (Lipinski definition) is 1. The van der Waals surface area contributed by atoms with Crippen LogP contribution in [0.25, 0.3) is 0 Å². The fraction of sp³-hybridized carbons (Fsp3) is 0.533. The number of carbonyl (C=O) groups excluding carboxylic acids is 1. The van der Waals surface area contributed by atoms with Gasteiger partial charge >= 0.3 is 0 Å². The van der Waals surface area contributed by atoms with E-state index in [2.05, 4.69) is 5.32 Å². The lowest BCUT2D eigenvalue weighted by Gasteiger charge is -2.17. The highest BCUT2D eigenvalue weighted by molar-refractivity contribution is 6.17. The molecule has 3 heteroatoms. The first-order chi connectivity index (χ1) is 8.78. The smallest absolute Gasteiger partial charge is 0.251 e. The Labute approximate surface area is 113 Å². The highest BCUT2D eigenvalue weighted by Gasteiger charge is 2.42. The van der Waals surface area contributed by atoms with Crippen molar-refractivity contribution in [1.29, 1.82) is 0 Å². The highest BCUT2D eigenvalue weighted by atomic mass is 35.5. The predicted octanol–water partition coefficient (Wildman–Crippen LogP) is 3.34. The molecule has 2 aliphatic carbocycles. The van der Waals surface area contributed by atoms with E-state index in [1.54, 1.807) is 0 Å². The van der Waals surface area contributed by atoms with E-state index in [1.165, 1.54) is 25.7 Å². The van der Waals surface area contributed by atoms with E-state index >= 15 is 0 Å². The Morgan fingerprint density at radius 3 is 2.50 bits per heavy atom. The monoisotopic (exact) mass is 263 g/mol. The molecular formula is C15H18ClNO. The van der Waals surface area contributed by atoms with Crippen molar-refractivity contribution in [1.82, 2.24) is 5.32 Å². The summed E-state index contributed by atoms with van der Waals surface area (Å²) in [6.45, 7) is 0. The second-order valence-corrected chi connectivity index (χ2v) is 5.78. The summed E-state index contributed by atoms with van der Waals surface area (Å²) in [5.41, 5.74) is 1.73.